The molecular weight excluding hydrogens is 907 g/mol. The van der Waals surface area contributed by atoms with Crippen molar-refractivity contribution in [3.8, 4) is 22.5 Å². The fraction of sp³-hybridized carbons (Fsp3) is 0.333. The van der Waals surface area contributed by atoms with Crippen LogP contribution < -0.4 is 19.6 Å². The van der Waals surface area contributed by atoms with Gasteiger partial charge in [0.1, 0.15) is 23.3 Å². The van der Waals surface area contributed by atoms with Crippen LogP contribution in [-0.4, -0.2) is 111 Å². The van der Waals surface area contributed by atoms with Crippen molar-refractivity contribution in [3.05, 3.63) is 107 Å². The van der Waals surface area contributed by atoms with Crippen molar-refractivity contribution in [1.82, 2.24) is 39.2 Å². The molecule has 2 fully saturated rings. The second-order valence-corrected chi connectivity index (χ2v) is 19.4. The molecule has 0 amide bonds. The summed E-state index contributed by atoms with van der Waals surface area (Å²) >= 11 is 3.01. The number of aromatic nitrogens is 8. The van der Waals surface area contributed by atoms with Gasteiger partial charge in [-0.1, -0.05) is 13.8 Å². The van der Waals surface area contributed by atoms with E-state index in [4.69, 9.17) is 34.3 Å². The van der Waals surface area contributed by atoms with E-state index in [1.807, 2.05) is 75.3 Å². The zero-order chi connectivity index (χ0) is 46.3. The number of nitrogens with zero attached hydrogens (tertiary/aromatic N) is 12. The van der Waals surface area contributed by atoms with Crippen LogP contribution in [0.25, 0.3) is 33.8 Å². The number of fused-ring (bicyclic) bond motifs is 2. The molecule has 0 radical (unpaired) electrons. The third-order valence-electron chi connectivity index (χ3n) is 11.4. The zero-order valence-electron chi connectivity index (χ0n) is 36.9. The average Bonchev–Trinajstić information content (AvgIpc) is 4.18. The van der Waals surface area contributed by atoms with Gasteiger partial charge in [0.25, 0.3) is 10.1 Å². The summed E-state index contributed by atoms with van der Waals surface area (Å²) in [6.07, 6.45) is 3.20. The number of anilines is 6. The normalized spacial score (nSPS) is 16.4. The van der Waals surface area contributed by atoms with E-state index in [-0.39, 0.29) is 23.8 Å². The van der Waals surface area contributed by atoms with Crippen LogP contribution in [0.4, 0.5) is 42.3 Å². The Balaban J connectivity index is 0.000000167. The van der Waals surface area contributed by atoms with Crippen LogP contribution in [0, 0.1) is 11.6 Å². The van der Waals surface area contributed by atoms with Gasteiger partial charge < -0.3 is 24.7 Å². The lowest BCUT2D eigenvalue weighted by atomic mass is 10.2. The average molecular weight is 955 g/mol. The maximum atomic E-state index is 13.3. The molecule has 2 saturated heterocycles. The monoisotopic (exact) mass is 954 g/mol. The third kappa shape index (κ3) is 9.43. The van der Waals surface area contributed by atoms with Crippen molar-refractivity contribution in [2.24, 2.45) is 0 Å². The molecule has 66 heavy (non-hydrogen) atoms. The largest absolute Gasteiger partial charge is 0.391 e. The first-order valence-corrected chi connectivity index (χ1v) is 25.1. The Labute approximate surface area is 388 Å². The van der Waals surface area contributed by atoms with E-state index >= 15 is 0 Å². The predicted octanol–water partition coefficient (Wildman–Crippen LogP) is 7.77. The highest BCUT2D eigenvalue weighted by molar-refractivity contribution is 7.86. The number of aliphatic hydroxyl groups excluding tert-OH is 1. The minimum Gasteiger partial charge on any atom is -0.391 e. The fourth-order valence-corrected chi connectivity index (χ4v) is 10.4. The number of rotatable bonds is 12. The second kappa shape index (κ2) is 18.6. The summed E-state index contributed by atoms with van der Waals surface area (Å²) in [4.78, 5) is 27.1. The van der Waals surface area contributed by atoms with E-state index in [1.165, 1.54) is 46.9 Å². The van der Waals surface area contributed by atoms with E-state index in [0.29, 0.717) is 38.1 Å². The van der Waals surface area contributed by atoms with Crippen LogP contribution in [-0.2, 0) is 27.1 Å². The molecule has 0 spiro atoms. The smallest absolute Gasteiger partial charge is 0.264 e. The summed E-state index contributed by atoms with van der Waals surface area (Å²) < 4.78 is 58.4. The molecular formula is C45H48F2N12O4S3. The molecule has 21 heteroatoms. The van der Waals surface area contributed by atoms with Crippen LogP contribution in [0.1, 0.15) is 38.1 Å². The van der Waals surface area contributed by atoms with Gasteiger partial charge in [0.05, 0.1) is 41.2 Å². The molecule has 0 bridgehead atoms. The topological polar surface area (TPSA) is 163 Å². The lowest BCUT2D eigenvalue weighted by molar-refractivity contribution is 0.198. The lowest BCUT2D eigenvalue weighted by Crippen LogP contribution is -2.25. The number of β-amino-alcohol motifs (C(OH)–C–C–N with tert-alkyl or cyclic N) is 1. The van der Waals surface area contributed by atoms with Gasteiger partial charge in [0, 0.05) is 62.2 Å². The number of thiazole rings is 2. The molecule has 344 valence electrons. The zero-order valence-corrected chi connectivity index (χ0v) is 39.4. The summed E-state index contributed by atoms with van der Waals surface area (Å²) in [6.45, 7) is 6.58. The Hall–Kier alpha value is -6.13. The molecule has 2 aliphatic rings. The number of aliphatic hydroxyl groups is 1. The molecule has 8 heterocycles. The Morgan fingerprint density at radius 3 is 1.56 bits per heavy atom. The van der Waals surface area contributed by atoms with Crippen LogP contribution in [0.2, 0.25) is 0 Å². The highest BCUT2D eigenvalue weighted by Crippen LogP contribution is 2.36. The molecule has 2 aromatic carbocycles. The summed E-state index contributed by atoms with van der Waals surface area (Å²) in [5, 5.41) is 25.1. The van der Waals surface area contributed by atoms with E-state index in [2.05, 4.69) is 11.8 Å². The van der Waals surface area contributed by atoms with Crippen LogP contribution in [0.5, 0.6) is 0 Å². The van der Waals surface area contributed by atoms with E-state index < -0.39 is 10.1 Å². The highest BCUT2D eigenvalue weighted by atomic mass is 32.2. The number of hydrogen-bond acceptors (Lipinski definition) is 16. The molecule has 2 aliphatic heterocycles. The molecule has 10 rings (SSSR count). The minimum atomic E-state index is -3.51. The first-order chi connectivity index (χ1) is 31.7. The van der Waals surface area contributed by atoms with Crippen LogP contribution in [0.3, 0.4) is 0 Å². The maximum Gasteiger partial charge on any atom is 0.264 e. The number of imidazole rings is 2. The number of halogens is 2. The van der Waals surface area contributed by atoms with Crippen LogP contribution >= 0.6 is 22.7 Å². The molecule has 0 aliphatic carbocycles. The SMILES string of the molecule is CCc1nc2ccc(N3CCC(O)C3)nn2c1N(C)c1nc(-c2ccc(F)cc2)cs1.CCc1nc2ccc(N3CCC(OS(C)(=O)=O)C3)nn2c1N(C)c1nc(-c2ccc(F)cc2)cs1. The van der Waals surface area contributed by atoms with Gasteiger partial charge in [-0.05, 0) is 98.5 Å². The Bertz CT molecular complexity index is 3100. The summed E-state index contributed by atoms with van der Waals surface area (Å²) in [5.74, 6) is 2.69. The predicted molar refractivity (Wildman–Crippen MR) is 255 cm³/mol. The standard InChI is InChI=1S/C23H25FN6O3S2.C22H23FN6OS/c1-4-18-22(28(2)23-26-19(14-34-23)15-5-7-16(24)8-6-15)30-20(25-18)9-10-21(27-30)29-12-11-17(13-29)33-35(3,31)32;1-3-17-21(27(2)22-25-18(13-31-22)14-4-6-15(23)7-5-14)29-19(24-17)8-9-20(26-29)28-11-10-16(30)12-28/h5-10,14,17H,4,11-13H2,1-3H3;4-9,13,16,30H,3,10-12H2,1-2H3. The molecule has 16 nitrogen and oxygen atoms in total. The van der Waals surface area contributed by atoms with Gasteiger partial charge in [0.15, 0.2) is 33.2 Å². The molecule has 2 unspecified atom stereocenters. The van der Waals surface area contributed by atoms with Gasteiger partial charge in [-0.25, -0.2) is 28.7 Å². The van der Waals surface area contributed by atoms with Crippen molar-refractivity contribution >= 4 is 77.6 Å². The molecule has 8 aromatic rings. The Kier molecular flexibility index (Phi) is 12.7. The lowest BCUT2D eigenvalue weighted by Gasteiger charge is -2.19. The molecule has 0 saturated carbocycles. The first kappa shape index (κ1) is 45.0. The molecule has 6 aromatic heterocycles. The number of aryl methyl sites for hydroxylation is 2. The van der Waals surface area contributed by atoms with E-state index in [1.54, 1.807) is 28.8 Å². The number of benzene rings is 2. The van der Waals surface area contributed by atoms with Gasteiger partial charge in [0.2, 0.25) is 0 Å². The van der Waals surface area contributed by atoms with Gasteiger partial charge in [-0.2, -0.15) is 17.4 Å². The van der Waals surface area contributed by atoms with Gasteiger partial charge in [-0.15, -0.1) is 32.9 Å². The van der Waals surface area contributed by atoms with E-state index in [9.17, 15) is 22.3 Å². The first-order valence-electron chi connectivity index (χ1n) is 21.5. The Morgan fingerprint density at radius 1 is 0.682 bits per heavy atom. The van der Waals surface area contributed by atoms with Gasteiger partial charge in [-0.3, -0.25) is 4.18 Å². The summed E-state index contributed by atoms with van der Waals surface area (Å²) in [6, 6.07) is 20.4. The Morgan fingerprint density at radius 2 is 1.14 bits per heavy atom. The summed E-state index contributed by atoms with van der Waals surface area (Å²) in [5.41, 5.74) is 6.60. The van der Waals surface area contributed by atoms with Crippen molar-refractivity contribution in [1.29, 1.82) is 0 Å². The minimum absolute atomic E-state index is 0.262. The van der Waals surface area contributed by atoms with E-state index in [0.717, 1.165) is 98.7 Å². The second-order valence-electron chi connectivity index (χ2n) is 16.1. The molecule has 2 atom stereocenters. The summed E-state index contributed by atoms with van der Waals surface area (Å²) in [7, 11) is 0.379. The highest BCUT2D eigenvalue weighted by Gasteiger charge is 2.29. The van der Waals surface area contributed by atoms with Crippen LogP contribution in [0.15, 0.2) is 83.6 Å². The number of hydrogen-bond donors (Lipinski definition) is 1. The third-order valence-corrected chi connectivity index (χ3v) is 13.9. The van der Waals surface area contributed by atoms with Crippen molar-refractivity contribution in [2.75, 3.05) is 66.1 Å². The maximum absolute atomic E-state index is 13.3. The van der Waals surface area contributed by atoms with Crippen molar-refractivity contribution in [2.45, 2.75) is 51.7 Å². The molecule has 1 N–H and O–H groups in total. The van der Waals surface area contributed by atoms with Gasteiger partial charge >= 0.3 is 0 Å². The quantitative estimate of drug-likeness (QED) is 0.118. The fourth-order valence-electron chi connectivity index (χ4n) is 8.13. The van der Waals surface area contributed by atoms with Crippen molar-refractivity contribution in [3.63, 3.8) is 0 Å². The van der Waals surface area contributed by atoms with Crippen molar-refractivity contribution < 1.29 is 26.5 Å².